The van der Waals surface area contributed by atoms with E-state index in [2.05, 4.69) is 10.9 Å². The summed E-state index contributed by atoms with van der Waals surface area (Å²) in [6, 6.07) is 1.51. The quantitative estimate of drug-likeness (QED) is 0.765. The van der Waals surface area contributed by atoms with Crippen LogP contribution in [0.5, 0.6) is 0 Å². The molecule has 2 aliphatic rings. The van der Waals surface area contributed by atoms with Gasteiger partial charge in [-0.3, -0.25) is 10.9 Å². The van der Waals surface area contributed by atoms with Gasteiger partial charge in [0.2, 0.25) is 0 Å². The maximum atomic E-state index is 3.54. The monoisotopic (exact) mass is 268 g/mol. The molecule has 4 heteroatoms. The van der Waals surface area contributed by atoms with Crippen LogP contribution in [0.25, 0.3) is 0 Å². The first-order valence-electron chi connectivity index (χ1n) is 6.46. The molecule has 0 radical (unpaired) electrons. The van der Waals surface area contributed by atoms with Gasteiger partial charge in [0.25, 0.3) is 0 Å². The van der Waals surface area contributed by atoms with Gasteiger partial charge in [-0.15, -0.1) is 24.8 Å². The van der Waals surface area contributed by atoms with Gasteiger partial charge < -0.3 is 0 Å². The number of hydrazine groups is 1. The largest absolute Gasteiger partial charge is 0.255 e. The van der Waals surface area contributed by atoms with Gasteiger partial charge in [-0.2, -0.15) is 0 Å². The summed E-state index contributed by atoms with van der Waals surface area (Å²) in [7, 11) is 0. The van der Waals surface area contributed by atoms with Crippen molar-refractivity contribution in [2.75, 3.05) is 0 Å². The number of hydrogen-bond acceptors (Lipinski definition) is 2. The molecule has 2 nitrogen and oxygen atoms in total. The van der Waals surface area contributed by atoms with Crippen LogP contribution in [-0.4, -0.2) is 12.1 Å². The number of nitrogens with one attached hydrogen (secondary N) is 2. The summed E-state index contributed by atoms with van der Waals surface area (Å²) >= 11 is 0. The zero-order valence-electron chi connectivity index (χ0n) is 10.0. The molecule has 2 fully saturated rings. The van der Waals surface area contributed by atoms with Gasteiger partial charge in [-0.05, 0) is 25.7 Å². The summed E-state index contributed by atoms with van der Waals surface area (Å²) in [5.41, 5.74) is 7.08. The van der Waals surface area contributed by atoms with Crippen LogP contribution in [0.4, 0.5) is 0 Å². The lowest BCUT2D eigenvalue weighted by Crippen LogP contribution is -2.47. The van der Waals surface area contributed by atoms with Crippen molar-refractivity contribution in [2.24, 2.45) is 0 Å². The molecule has 0 aliphatic heterocycles. The molecule has 0 aromatic carbocycles. The first-order chi connectivity index (χ1) is 6.95. The molecule has 0 unspecified atom stereocenters. The van der Waals surface area contributed by atoms with Gasteiger partial charge in [0, 0.05) is 12.1 Å². The Kier molecular flexibility index (Phi) is 9.82. The summed E-state index contributed by atoms with van der Waals surface area (Å²) in [6.07, 6.45) is 14.1. The Morgan fingerprint density at radius 2 is 0.812 bits per heavy atom. The van der Waals surface area contributed by atoms with Crippen LogP contribution in [-0.2, 0) is 0 Å². The summed E-state index contributed by atoms with van der Waals surface area (Å²) in [4.78, 5) is 0. The molecular weight excluding hydrogens is 243 g/mol. The molecule has 2 rings (SSSR count). The predicted molar refractivity (Wildman–Crippen MR) is 74.5 cm³/mol. The van der Waals surface area contributed by atoms with Gasteiger partial charge in [0.15, 0.2) is 0 Å². The fourth-order valence-electron chi connectivity index (χ4n) is 2.73. The van der Waals surface area contributed by atoms with E-state index in [-0.39, 0.29) is 24.8 Å². The molecule has 0 aromatic rings. The lowest BCUT2D eigenvalue weighted by molar-refractivity contribution is 0.273. The molecule has 0 atom stereocenters. The zero-order valence-corrected chi connectivity index (χ0v) is 11.7. The maximum absolute atomic E-state index is 3.54. The van der Waals surface area contributed by atoms with E-state index in [1.807, 2.05) is 0 Å². The highest BCUT2D eigenvalue weighted by molar-refractivity contribution is 5.85. The molecule has 0 aromatic heterocycles. The van der Waals surface area contributed by atoms with Crippen molar-refractivity contribution in [3.63, 3.8) is 0 Å². The molecule has 16 heavy (non-hydrogen) atoms. The molecule has 0 heterocycles. The van der Waals surface area contributed by atoms with Gasteiger partial charge in [-0.25, -0.2) is 0 Å². The highest BCUT2D eigenvalue weighted by Crippen LogP contribution is 2.19. The van der Waals surface area contributed by atoms with Crippen LogP contribution in [0.15, 0.2) is 0 Å². The second-order valence-corrected chi connectivity index (χ2v) is 4.96. The average Bonchev–Trinajstić information content (AvgIpc) is 2.29. The van der Waals surface area contributed by atoms with Crippen LogP contribution >= 0.6 is 24.8 Å². The molecule has 98 valence electrons. The predicted octanol–water partition coefficient (Wildman–Crippen LogP) is 3.59. The van der Waals surface area contributed by atoms with E-state index < -0.39 is 0 Å². The SMILES string of the molecule is C1CCC(NNC2CCCCC2)CC1.Cl.Cl. The van der Waals surface area contributed by atoms with Crippen molar-refractivity contribution in [3.8, 4) is 0 Å². The van der Waals surface area contributed by atoms with E-state index in [0.717, 1.165) is 12.1 Å². The normalized spacial score (nSPS) is 23.2. The number of rotatable bonds is 3. The minimum absolute atomic E-state index is 0. The molecule has 0 spiro atoms. The van der Waals surface area contributed by atoms with Crippen molar-refractivity contribution < 1.29 is 0 Å². The molecule has 0 saturated heterocycles. The van der Waals surface area contributed by atoms with Gasteiger partial charge in [0.1, 0.15) is 0 Å². The van der Waals surface area contributed by atoms with E-state index in [0.29, 0.717) is 0 Å². The summed E-state index contributed by atoms with van der Waals surface area (Å²) < 4.78 is 0. The van der Waals surface area contributed by atoms with Crippen LogP contribution in [0, 0.1) is 0 Å². The molecule has 2 aliphatic carbocycles. The number of hydrogen-bond donors (Lipinski definition) is 2. The van der Waals surface area contributed by atoms with Crippen LogP contribution in [0.3, 0.4) is 0 Å². The van der Waals surface area contributed by atoms with Crippen molar-refractivity contribution >= 4 is 24.8 Å². The van der Waals surface area contributed by atoms with E-state index in [9.17, 15) is 0 Å². The average molecular weight is 269 g/mol. The first kappa shape index (κ1) is 16.5. The Morgan fingerprint density at radius 3 is 1.12 bits per heavy atom. The Hall–Kier alpha value is 0.500. The van der Waals surface area contributed by atoms with Crippen LogP contribution < -0.4 is 10.9 Å². The second kappa shape index (κ2) is 9.52. The fourth-order valence-corrected chi connectivity index (χ4v) is 2.73. The topological polar surface area (TPSA) is 24.1 Å². The Morgan fingerprint density at radius 1 is 0.500 bits per heavy atom. The van der Waals surface area contributed by atoms with Crippen molar-refractivity contribution in [1.29, 1.82) is 0 Å². The van der Waals surface area contributed by atoms with Gasteiger partial charge in [0.05, 0.1) is 0 Å². The van der Waals surface area contributed by atoms with E-state index in [4.69, 9.17) is 0 Å². The van der Waals surface area contributed by atoms with Crippen molar-refractivity contribution in [3.05, 3.63) is 0 Å². The Labute approximate surface area is 112 Å². The zero-order chi connectivity index (χ0) is 9.64. The highest BCUT2D eigenvalue weighted by Gasteiger charge is 2.16. The number of halogens is 2. The minimum Gasteiger partial charge on any atom is -0.255 e. The summed E-state index contributed by atoms with van der Waals surface area (Å²) in [5.74, 6) is 0. The smallest absolute Gasteiger partial charge is 0.0213 e. The van der Waals surface area contributed by atoms with Crippen LogP contribution in [0.2, 0.25) is 0 Å². The Balaban J connectivity index is 0.00000112. The molecule has 0 amide bonds. The van der Waals surface area contributed by atoms with Crippen molar-refractivity contribution in [1.82, 2.24) is 10.9 Å². The lowest BCUT2D eigenvalue weighted by Gasteiger charge is -2.28. The molecular formula is C12H26Cl2N2. The molecule has 2 saturated carbocycles. The lowest BCUT2D eigenvalue weighted by atomic mass is 9.95. The summed E-state index contributed by atoms with van der Waals surface area (Å²) in [6.45, 7) is 0. The third kappa shape index (κ3) is 5.72. The standard InChI is InChI=1S/C12H24N2.2ClH/c1-3-7-11(8-4-1)13-14-12-9-5-2-6-10-12;;/h11-14H,1-10H2;2*1H. The van der Waals surface area contributed by atoms with Crippen molar-refractivity contribution in [2.45, 2.75) is 76.3 Å². The van der Waals surface area contributed by atoms with Crippen LogP contribution in [0.1, 0.15) is 64.2 Å². The van der Waals surface area contributed by atoms with E-state index in [1.165, 1.54) is 64.2 Å². The molecule has 0 bridgehead atoms. The van der Waals surface area contributed by atoms with E-state index >= 15 is 0 Å². The third-order valence-electron chi connectivity index (χ3n) is 3.70. The highest BCUT2D eigenvalue weighted by atomic mass is 35.5. The van der Waals surface area contributed by atoms with Gasteiger partial charge >= 0.3 is 0 Å². The second-order valence-electron chi connectivity index (χ2n) is 4.96. The molecule has 2 N–H and O–H groups in total. The minimum atomic E-state index is 0. The maximum Gasteiger partial charge on any atom is 0.0213 e. The third-order valence-corrected chi connectivity index (χ3v) is 3.70. The van der Waals surface area contributed by atoms with Gasteiger partial charge in [-0.1, -0.05) is 38.5 Å². The summed E-state index contributed by atoms with van der Waals surface area (Å²) in [5, 5.41) is 0. The van der Waals surface area contributed by atoms with E-state index in [1.54, 1.807) is 0 Å². The fraction of sp³-hybridized carbons (Fsp3) is 1.00. The first-order valence-corrected chi connectivity index (χ1v) is 6.46. The Bertz CT molecular complexity index is 137.